The van der Waals surface area contributed by atoms with Crippen LogP contribution < -0.4 is 10.6 Å². The maximum absolute atomic E-state index is 4.47. The van der Waals surface area contributed by atoms with Crippen molar-refractivity contribution in [2.24, 2.45) is 0 Å². The van der Waals surface area contributed by atoms with Crippen molar-refractivity contribution < 1.29 is 0 Å². The SMILES string of the molecule is Cc1ncc(NCCNC2CCCCCC2)nc1C. The van der Waals surface area contributed by atoms with Gasteiger partial charge in [-0.25, -0.2) is 4.98 Å². The van der Waals surface area contributed by atoms with Crippen molar-refractivity contribution in [3.63, 3.8) is 0 Å². The van der Waals surface area contributed by atoms with E-state index in [4.69, 9.17) is 0 Å². The first-order chi connectivity index (χ1) is 9.25. The molecule has 0 unspecified atom stereocenters. The van der Waals surface area contributed by atoms with Gasteiger partial charge in [0.1, 0.15) is 5.82 Å². The number of hydrogen-bond donors (Lipinski definition) is 2. The summed E-state index contributed by atoms with van der Waals surface area (Å²) in [5.74, 6) is 0.880. The molecule has 0 aliphatic heterocycles. The summed E-state index contributed by atoms with van der Waals surface area (Å²) in [7, 11) is 0. The lowest BCUT2D eigenvalue weighted by atomic mass is 10.1. The molecular weight excluding hydrogens is 236 g/mol. The Balaban J connectivity index is 1.67. The summed E-state index contributed by atoms with van der Waals surface area (Å²) in [6.07, 6.45) is 10.1. The van der Waals surface area contributed by atoms with E-state index < -0.39 is 0 Å². The summed E-state index contributed by atoms with van der Waals surface area (Å²) in [6.45, 7) is 5.89. The molecule has 1 fully saturated rings. The summed E-state index contributed by atoms with van der Waals surface area (Å²) < 4.78 is 0. The van der Waals surface area contributed by atoms with E-state index in [1.54, 1.807) is 0 Å². The van der Waals surface area contributed by atoms with E-state index in [-0.39, 0.29) is 0 Å². The highest BCUT2D eigenvalue weighted by molar-refractivity contribution is 5.33. The largest absolute Gasteiger partial charge is 0.368 e. The van der Waals surface area contributed by atoms with Gasteiger partial charge >= 0.3 is 0 Å². The molecule has 19 heavy (non-hydrogen) atoms. The highest BCUT2D eigenvalue weighted by atomic mass is 15.0. The Hall–Kier alpha value is -1.16. The second kappa shape index (κ2) is 7.43. The van der Waals surface area contributed by atoms with Crippen molar-refractivity contribution in [2.45, 2.75) is 58.4 Å². The highest BCUT2D eigenvalue weighted by Gasteiger charge is 2.10. The normalized spacial score (nSPS) is 17.2. The van der Waals surface area contributed by atoms with Crippen LogP contribution in [0, 0.1) is 13.8 Å². The first-order valence-corrected chi connectivity index (χ1v) is 7.53. The van der Waals surface area contributed by atoms with Crippen LogP contribution in [0.5, 0.6) is 0 Å². The summed E-state index contributed by atoms with van der Waals surface area (Å²) in [5.41, 5.74) is 2.00. The maximum Gasteiger partial charge on any atom is 0.144 e. The molecule has 0 spiro atoms. The average molecular weight is 262 g/mol. The molecule has 4 heteroatoms. The third-order valence-corrected chi connectivity index (χ3v) is 3.91. The lowest BCUT2D eigenvalue weighted by Crippen LogP contribution is -2.32. The molecule has 1 aromatic heterocycles. The summed E-state index contributed by atoms with van der Waals surface area (Å²) in [5, 5.41) is 6.98. The Labute approximate surface area is 116 Å². The van der Waals surface area contributed by atoms with Gasteiger partial charge in [0.2, 0.25) is 0 Å². The first kappa shape index (κ1) is 14.3. The lowest BCUT2D eigenvalue weighted by molar-refractivity contribution is 0.468. The molecule has 2 rings (SSSR count). The van der Waals surface area contributed by atoms with Crippen LogP contribution in [0.25, 0.3) is 0 Å². The van der Waals surface area contributed by atoms with Crippen LogP contribution in [0.15, 0.2) is 6.20 Å². The minimum atomic E-state index is 0.718. The number of hydrogen-bond acceptors (Lipinski definition) is 4. The molecule has 0 radical (unpaired) electrons. The van der Waals surface area contributed by atoms with Crippen LogP contribution in [0.1, 0.15) is 49.9 Å². The standard InChI is InChI=1S/C15H26N4/c1-12-13(2)19-15(11-18-12)17-10-9-16-14-7-5-3-4-6-8-14/h11,14,16H,3-10H2,1-2H3,(H,17,19). The van der Waals surface area contributed by atoms with Crippen LogP contribution in [0.2, 0.25) is 0 Å². The lowest BCUT2D eigenvalue weighted by Gasteiger charge is -2.16. The summed E-state index contributed by atoms with van der Waals surface area (Å²) in [6, 6.07) is 0.718. The molecule has 0 atom stereocenters. The van der Waals surface area contributed by atoms with E-state index >= 15 is 0 Å². The van der Waals surface area contributed by atoms with Crippen LogP contribution in [-0.2, 0) is 0 Å². The van der Waals surface area contributed by atoms with Gasteiger partial charge in [-0.15, -0.1) is 0 Å². The molecule has 0 amide bonds. The Morgan fingerprint density at radius 1 is 1.05 bits per heavy atom. The van der Waals surface area contributed by atoms with E-state index in [2.05, 4.69) is 20.6 Å². The zero-order valence-corrected chi connectivity index (χ0v) is 12.2. The zero-order chi connectivity index (χ0) is 13.5. The van der Waals surface area contributed by atoms with Crippen molar-refractivity contribution in [3.8, 4) is 0 Å². The average Bonchev–Trinajstić information content (AvgIpc) is 2.67. The predicted octanol–water partition coefficient (Wildman–Crippen LogP) is 2.82. The van der Waals surface area contributed by atoms with Gasteiger partial charge in [-0.1, -0.05) is 25.7 Å². The molecule has 4 nitrogen and oxygen atoms in total. The fraction of sp³-hybridized carbons (Fsp3) is 0.733. The Morgan fingerprint density at radius 2 is 1.79 bits per heavy atom. The molecule has 1 aromatic rings. The zero-order valence-electron chi connectivity index (χ0n) is 12.2. The number of aromatic nitrogens is 2. The molecule has 0 bridgehead atoms. The smallest absolute Gasteiger partial charge is 0.144 e. The van der Waals surface area contributed by atoms with Crippen molar-refractivity contribution >= 4 is 5.82 Å². The number of aryl methyl sites for hydroxylation is 2. The molecule has 1 heterocycles. The van der Waals surface area contributed by atoms with Gasteiger partial charge in [0.25, 0.3) is 0 Å². The minimum absolute atomic E-state index is 0.718. The van der Waals surface area contributed by atoms with Crippen molar-refractivity contribution in [1.29, 1.82) is 0 Å². The Bertz CT molecular complexity index is 384. The Kier molecular flexibility index (Phi) is 5.58. The maximum atomic E-state index is 4.47. The number of rotatable bonds is 5. The first-order valence-electron chi connectivity index (χ1n) is 7.53. The summed E-state index contributed by atoms with van der Waals surface area (Å²) in [4.78, 5) is 8.78. The van der Waals surface area contributed by atoms with Gasteiger partial charge in [-0.2, -0.15) is 0 Å². The number of anilines is 1. The topological polar surface area (TPSA) is 49.8 Å². The molecule has 0 aromatic carbocycles. The summed E-state index contributed by atoms with van der Waals surface area (Å²) >= 11 is 0. The van der Waals surface area contributed by atoms with Crippen LogP contribution in [0.4, 0.5) is 5.82 Å². The molecule has 1 aliphatic rings. The monoisotopic (exact) mass is 262 g/mol. The van der Waals surface area contributed by atoms with Crippen LogP contribution in [0.3, 0.4) is 0 Å². The second-order valence-electron chi connectivity index (χ2n) is 5.50. The number of nitrogens with one attached hydrogen (secondary N) is 2. The van der Waals surface area contributed by atoms with E-state index in [0.717, 1.165) is 36.3 Å². The quantitative estimate of drug-likeness (QED) is 0.633. The molecule has 1 saturated carbocycles. The fourth-order valence-corrected chi connectivity index (χ4v) is 2.58. The fourth-order valence-electron chi connectivity index (χ4n) is 2.58. The molecule has 106 valence electrons. The van der Waals surface area contributed by atoms with Crippen molar-refractivity contribution in [3.05, 3.63) is 17.6 Å². The third kappa shape index (κ3) is 4.78. The molecule has 1 aliphatic carbocycles. The van der Waals surface area contributed by atoms with Gasteiger partial charge < -0.3 is 10.6 Å². The molecule has 2 N–H and O–H groups in total. The van der Waals surface area contributed by atoms with E-state index in [9.17, 15) is 0 Å². The third-order valence-electron chi connectivity index (χ3n) is 3.91. The molecule has 0 saturated heterocycles. The number of nitrogens with zero attached hydrogens (tertiary/aromatic N) is 2. The van der Waals surface area contributed by atoms with Gasteiger partial charge in [-0.05, 0) is 26.7 Å². The van der Waals surface area contributed by atoms with Gasteiger partial charge in [0.15, 0.2) is 0 Å². The van der Waals surface area contributed by atoms with Crippen molar-refractivity contribution in [2.75, 3.05) is 18.4 Å². The highest BCUT2D eigenvalue weighted by Crippen LogP contribution is 2.16. The van der Waals surface area contributed by atoms with Crippen molar-refractivity contribution in [1.82, 2.24) is 15.3 Å². The van der Waals surface area contributed by atoms with E-state index in [1.807, 2.05) is 20.0 Å². The van der Waals surface area contributed by atoms with E-state index in [1.165, 1.54) is 38.5 Å². The molecular formula is C15H26N4. The van der Waals surface area contributed by atoms with Crippen LogP contribution >= 0.6 is 0 Å². The second-order valence-corrected chi connectivity index (χ2v) is 5.50. The minimum Gasteiger partial charge on any atom is -0.368 e. The van der Waals surface area contributed by atoms with Crippen LogP contribution in [-0.4, -0.2) is 29.1 Å². The van der Waals surface area contributed by atoms with Gasteiger partial charge in [0, 0.05) is 19.1 Å². The van der Waals surface area contributed by atoms with Gasteiger partial charge in [0.05, 0.1) is 17.6 Å². The Morgan fingerprint density at radius 3 is 2.47 bits per heavy atom. The predicted molar refractivity (Wildman–Crippen MR) is 79.5 cm³/mol. The van der Waals surface area contributed by atoms with E-state index in [0.29, 0.717) is 0 Å². The van der Waals surface area contributed by atoms with Gasteiger partial charge in [-0.3, -0.25) is 4.98 Å².